The van der Waals surface area contributed by atoms with E-state index in [1.165, 1.54) is 36.6 Å². The van der Waals surface area contributed by atoms with Crippen molar-refractivity contribution in [2.24, 2.45) is 0 Å². The predicted molar refractivity (Wildman–Crippen MR) is 82.8 cm³/mol. The van der Waals surface area contributed by atoms with E-state index < -0.39 is 0 Å². The average molecular weight is 296 g/mol. The quantitative estimate of drug-likeness (QED) is 0.632. The van der Waals surface area contributed by atoms with Crippen LogP contribution in [0.5, 0.6) is 17.2 Å². The van der Waals surface area contributed by atoms with Gasteiger partial charge in [0, 0.05) is 0 Å². The van der Waals surface area contributed by atoms with Crippen molar-refractivity contribution >= 4 is 23.1 Å². The smallest absolute Gasteiger partial charge is 0.200 e. The normalized spacial score (nSPS) is 11.3. The minimum absolute atomic E-state index is 0.00983. The molecule has 0 saturated heterocycles. The third-order valence-corrected chi connectivity index (χ3v) is 3.24. The van der Waals surface area contributed by atoms with Crippen molar-refractivity contribution in [3.63, 3.8) is 0 Å². The van der Waals surface area contributed by atoms with Gasteiger partial charge in [0.2, 0.25) is 0 Å². The molecule has 0 radical (unpaired) electrons. The predicted octanol–water partition coefficient (Wildman–Crippen LogP) is 3.08. The van der Waals surface area contributed by atoms with Gasteiger partial charge in [0.25, 0.3) is 0 Å². The maximum absolute atomic E-state index is 12.3. The Labute approximate surface area is 125 Å². The van der Waals surface area contributed by atoms with Crippen LogP contribution >= 0.6 is 0 Å². The zero-order valence-electron chi connectivity index (χ0n) is 11.4. The molecule has 3 aromatic rings. The van der Waals surface area contributed by atoms with Gasteiger partial charge in [-0.2, -0.15) is 0 Å². The van der Waals surface area contributed by atoms with E-state index in [9.17, 15) is 20.1 Å². The van der Waals surface area contributed by atoms with E-state index in [-0.39, 0.29) is 28.1 Å². The van der Waals surface area contributed by atoms with E-state index >= 15 is 0 Å². The Morgan fingerprint density at radius 3 is 2.50 bits per heavy atom. The van der Waals surface area contributed by atoms with Gasteiger partial charge < -0.3 is 19.7 Å². The number of hydrogen-bond acceptors (Lipinski definition) is 5. The van der Waals surface area contributed by atoms with Crippen molar-refractivity contribution in [3.05, 3.63) is 64.0 Å². The van der Waals surface area contributed by atoms with Gasteiger partial charge in [0.15, 0.2) is 16.9 Å². The zero-order valence-corrected chi connectivity index (χ0v) is 11.4. The Kier molecular flexibility index (Phi) is 3.31. The van der Waals surface area contributed by atoms with Crippen molar-refractivity contribution in [2.45, 2.75) is 0 Å². The molecule has 5 nitrogen and oxygen atoms in total. The SMILES string of the molecule is O=c1c(/C=C/c2ccc(O)c(O)c2)coc2ccc(O)cc12. The van der Waals surface area contributed by atoms with Crippen LogP contribution in [0.15, 0.2) is 51.9 Å². The summed E-state index contributed by atoms with van der Waals surface area (Å²) in [4.78, 5) is 12.3. The highest BCUT2D eigenvalue weighted by molar-refractivity contribution is 5.81. The van der Waals surface area contributed by atoms with Gasteiger partial charge >= 0.3 is 0 Å². The molecule has 2 aromatic carbocycles. The number of phenols is 3. The molecule has 22 heavy (non-hydrogen) atoms. The zero-order chi connectivity index (χ0) is 15.7. The van der Waals surface area contributed by atoms with E-state index in [4.69, 9.17) is 4.42 Å². The van der Waals surface area contributed by atoms with Crippen LogP contribution in [0, 0.1) is 0 Å². The van der Waals surface area contributed by atoms with Gasteiger partial charge in [-0.05, 0) is 42.0 Å². The molecule has 3 N–H and O–H groups in total. The molecule has 0 spiro atoms. The lowest BCUT2D eigenvalue weighted by atomic mass is 10.1. The molecule has 0 bridgehead atoms. The fourth-order valence-corrected chi connectivity index (χ4v) is 2.08. The summed E-state index contributed by atoms with van der Waals surface area (Å²) in [5, 5.41) is 28.4. The van der Waals surface area contributed by atoms with E-state index in [0.29, 0.717) is 16.7 Å². The maximum Gasteiger partial charge on any atom is 0.200 e. The highest BCUT2D eigenvalue weighted by Crippen LogP contribution is 2.25. The van der Waals surface area contributed by atoms with Crippen LogP contribution < -0.4 is 5.43 Å². The standard InChI is InChI=1S/C17H12O5/c18-12-4-6-16-13(8-12)17(21)11(9-22-16)3-1-10-2-5-14(19)15(20)7-10/h1-9,18-20H/b3-1+. The van der Waals surface area contributed by atoms with Crippen LogP contribution in [0.1, 0.15) is 11.1 Å². The van der Waals surface area contributed by atoms with Crippen LogP contribution in [0.25, 0.3) is 23.1 Å². The molecule has 0 unspecified atom stereocenters. The van der Waals surface area contributed by atoms with Crippen LogP contribution in [0.3, 0.4) is 0 Å². The fourth-order valence-electron chi connectivity index (χ4n) is 2.08. The second-order valence-electron chi connectivity index (χ2n) is 4.78. The lowest BCUT2D eigenvalue weighted by Crippen LogP contribution is -2.04. The number of phenolic OH excluding ortho intramolecular Hbond substituents is 3. The Hall–Kier alpha value is -3.21. The van der Waals surface area contributed by atoms with Crippen molar-refractivity contribution < 1.29 is 19.7 Å². The molecule has 5 heteroatoms. The summed E-state index contributed by atoms with van der Waals surface area (Å²) in [6, 6.07) is 8.65. The van der Waals surface area contributed by atoms with Gasteiger partial charge in [0.05, 0.1) is 10.9 Å². The molecule has 110 valence electrons. The monoisotopic (exact) mass is 296 g/mol. The summed E-state index contributed by atoms with van der Waals surface area (Å²) in [5.74, 6) is -0.458. The van der Waals surface area contributed by atoms with Crippen LogP contribution in [0.2, 0.25) is 0 Å². The first kappa shape index (κ1) is 13.8. The molecule has 0 aliphatic carbocycles. The number of aromatic hydroxyl groups is 3. The molecular weight excluding hydrogens is 284 g/mol. The summed E-state index contributed by atoms with van der Waals surface area (Å²) in [6.07, 6.45) is 4.49. The minimum atomic E-state index is -0.267. The number of rotatable bonds is 2. The summed E-state index contributed by atoms with van der Waals surface area (Å²) < 4.78 is 5.36. The Morgan fingerprint density at radius 2 is 1.73 bits per heavy atom. The molecule has 0 aliphatic heterocycles. The first-order valence-corrected chi connectivity index (χ1v) is 6.49. The van der Waals surface area contributed by atoms with Crippen molar-refractivity contribution in [3.8, 4) is 17.2 Å². The first-order valence-electron chi connectivity index (χ1n) is 6.49. The fraction of sp³-hybridized carbons (Fsp3) is 0. The summed E-state index contributed by atoms with van der Waals surface area (Å²) in [5.41, 5.74) is 1.05. The van der Waals surface area contributed by atoms with Crippen molar-refractivity contribution in [1.29, 1.82) is 0 Å². The van der Waals surface area contributed by atoms with Gasteiger partial charge in [-0.25, -0.2) is 0 Å². The van der Waals surface area contributed by atoms with Gasteiger partial charge in [-0.15, -0.1) is 0 Å². The maximum atomic E-state index is 12.3. The highest BCUT2D eigenvalue weighted by atomic mass is 16.3. The molecule has 0 aliphatic rings. The Bertz CT molecular complexity index is 937. The Balaban J connectivity index is 2.03. The summed E-state index contributed by atoms with van der Waals surface area (Å²) >= 11 is 0. The van der Waals surface area contributed by atoms with Crippen molar-refractivity contribution in [2.75, 3.05) is 0 Å². The molecule has 3 rings (SSSR count). The lowest BCUT2D eigenvalue weighted by Gasteiger charge is -2.00. The third-order valence-electron chi connectivity index (χ3n) is 3.24. The lowest BCUT2D eigenvalue weighted by molar-refractivity contribution is 0.403. The van der Waals surface area contributed by atoms with Crippen LogP contribution in [-0.4, -0.2) is 15.3 Å². The third kappa shape index (κ3) is 2.52. The van der Waals surface area contributed by atoms with Gasteiger partial charge in [-0.3, -0.25) is 4.79 Å². The summed E-state index contributed by atoms with van der Waals surface area (Å²) in [6.45, 7) is 0. The molecule has 0 atom stereocenters. The topological polar surface area (TPSA) is 90.9 Å². The van der Waals surface area contributed by atoms with E-state index in [1.807, 2.05) is 0 Å². The molecule has 0 fully saturated rings. The summed E-state index contributed by atoms with van der Waals surface area (Å²) in [7, 11) is 0. The van der Waals surface area contributed by atoms with E-state index in [0.717, 1.165) is 0 Å². The average Bonchev–Trinajstić information content (AvgIpc) is 2.50. The molecule has 1 heterocycles. The molecular formula is C17H12O5. The van der Waals surface area contributed by atoms with Gasteiger partial charge in [-0.1, -0.05) is 12.1 Å². The number of hydrogen-bond donors (Lipinski definition) is 3. The molecule has 0 saturated carbocycles. The minimum Gasteiger partial charge on any atom is -0.508 e. The highest BCUT2D eigenvalue weighted by Gasteiger charge is 2.06. The van der Waals surface area contributed by atoms with Crippen LogP contribution in [0.4, 0.5) is 0 Å². The number of fused-ring (bicyclic) bond motifs is 1. The van der Waals surface area contributed by atoms with E-state index in [2.05, 4.69) is 0 Å². The largest absolute Gasteiger partial charge is 0.508 e. The second kappa shape index (κ2) is 5.29. The van der Waals surface area contributed by atoms with Crippen molar-refractivity contribution in [1.82, 2.24) is 0 Å². The Morgan fingerprint density at radius 1 is 0.909 bits per heavy atom. The first-order chi connectivity index (χ1) is 10.5. The number of benzene rings is 2. The van der Waals surface area contributed by atoms with Gasteiger partial charge in [0.1, 0.15) is 17.6 Å². The second-order valence-corrected chi connectivity index (χ2v) is 4.78. The van der Waals surface area contributed by atoms with Crippen LogP contribution in [-0.2, 0) is 0 Å². The molecule has 1 aromatic heterocycles. The molecule has 0 amide bonds. The van der Waals surface area contributed by atoms with E-state index in [1.54, 1.807) is 18.2 Å².